The highest BCUT2D eigenvalue weighted by molar-refractivity contribution is 5.03. The molecule has 0 spiro atoms. The van der Waals surface area contributed by atoms with E-state index in [1.807, 2.05) is 0 Å². The van der Waals surface area contributed by atoms with Gasteiger partial charge in [-0.1, -0.05) is 13.8 Å². The highest BCUT2D eigenvalue weighted by atomic mass is 16.5. The number of rotatable bonds is 4. The fraction of sp³-hybridized carbons (Fsp3) is 1.00. The van der Waals surface area contributed by atoms with Crippen molar-refractivity contribution in [3.63, 3.8) is 0 Å². The highest BCUT2D eigenvalue weighted by Gasteiger charge is 2.48. The molecule has 2 aliphatic rings. The van der Waals surface area contributed by atoms with Crippen molar-refractivity contribution in [1.82, 2.24) is 5.32 Å². The van der Waals surface area contributed by atoms with Crippen molar-refractivity contribution in [1.29, 1.82) is 0 Å². The maximum absolute atomic E-state index is 5.96. The number of nitrogens with one attached hydrogen (secondary N) is 1. The van der Waals surface area contributed by atoms with Crippen molar-refractivity contribution in [2.75, 3.05) is 26.9 Å². The lowest BCUT2D eigenvalue weighted by atomic mass is 9.64. The fourth-order valence-electron chi connectivity index (χ4n) is 2.75. The minimum Gasteiger partial charge on any atom is -0.381 e. The van der Waals surface area contributed by atoms with Crippen LogP contribution in [0.5, 0.6) is 0 Å². The Labute approximate surface area is 97.9 Å². The van der Waals surface area contributed by atoms with Gasteiger partial charge in [0.05, 0.1) is 19.3 Å². The van der Waals surface area contributed by atoms with Gasteiger partial charge in [-0.2, -0.15) is 0 Å². The standard InChI is InChI=1S/C12H24N2O2/c1-12(2)10(4-11(12)15-3)14-5-8-6-16-7-9(8)13/h8-11,14H,4-7,13H2,1-3H3. The first-order chi connectivity index (χ1) is 7.55. The summed E-state index contributed by atoms with van der Waals surface area (Å²) in [5.74, 6) is 0.470. The van der Waals surface area contributed by atoms with Crippen LogP contribution in [0, 0.1) is 11.3 Å². The Morgan fingerprint density at radius 2 is 2.19 bits per heavy atom. The summed E-state index contributed by atoms with van der Waals surface area (Å²) in [6.07, 6.45) is 1.49. The van der Waals surface area contributed by atoms with E-state index in [0.717, 1.165) is 19.6 Å². The third-order valence-electron chi connectivity index (χ3n) is 4.34. The van der Waals surface area contributed by atoms with Crippen LogP contribution >= 0.6 is 0 Å². The predicted molar refractivity (Wildman–Crippen MR) is 63.3 cm³/mol. The van der Waals surface area contributed by atoms with Crippen LogP contribution in [0.25, 0.3) is 0 Å². The van der Waals surface area contributed by atoms with Gasteiger partial charge in [0.25, 0.3) is 0 Å². The molecule has 0 radical (unpaired) electrons. The summed E-state index contributed by atoms with van der Waals surface area (Å²) in [6, 6.07) is 0.749. The van der Waals surface area contributed by atoms with Gasteiger partial charge in [0.2, 0.25) is 0 Å². The van der Waals surface area contributed by atoms with Crippen LogP contribution in [0.3, 0.4) is 0 Å². The fourth-order valence-corrected chi connectivity index (χ4v) is 2.75. The van der Waals surface area contributed by atoms with Crippen LogP contribution in [0.1, 0.15) is 20.3 Å². The molecule has 3 N–H and O–H groups in total. The number of methoxy groups -OCH3 is 1. The molecular formula is C12H24N2O2. The quantitative estimate of drug-likeness (QED) is 0.729. The minimum atomic E-state index is 0.203. The first-order valence-electron chi connectivity index (χ1n) is 6.15. The molecule has 4 atom stereocenters. The van der Waals surface area contributed by atoms with Crippen molar-refractivity contribution in [3.8, 4) is 0 Å². The second kappa shape index (κ2) is 4.61. The van der Waals surface area contributed by atoms with Gasteiger partial charge in [-0.05, 0) is 6.42 Å². The molecule has 1 aliphatic heterocycles. The topological polar surface area (TPSA) is 56.5 Å². The Kier molecular flexibility index (Phi) is 3.54. The van der Waals surface area contributed by atoms with E-state index in [2.05, 4.69) is 19.2 Å². The Balaban J connectivity index is 1.75. The van der Waals surface area contributed by atoms with Crippen molar-refractivity contribution in [3.05, 3.63) is 0 Å². The number of hydrogen-bond acceptors (Lipinski definition) is 4. The molecule has 0 aromatic rings. The Bertz CT molecular complexity index is 245. The van der Waals surface area contributed by atoms with Crippen LogP contribution in [-0.2, 0) is 9.47 Å². The normalized spacial score (nSPS) is 42.0. The van der Waals surface area contributed by atoms with Crippen LogP contribution in [0.4, 0.5) is 0 Å². The molecule has 1 aliphatic carbocycles. The molecule has 16 heavy (non-hydrogen) atoms. The predicted octanol–water partition coefficient (Wildman–Crippen LogP) is 0.363. The summed E-state index contributed by atoms with van der Waals surface area (Å²) in [4.78, 5) is 0. The number of hydrogen-bond donors (Lipinski definition) is 2. The molecule has 2 fully saturated rings. The Hall–Kier alpha value is -0.160. The van der Waals surface area contributed by atoms with Crippen molar-refractivity contribution >= 4 is 0 Å². The number of nitrogens with two attached hydrogens (primary N) is 1. The second-order valence-electron chi connectivity index (χ2n) is 5.70. The summed E-state index contributed by atoms with van der Waals surface area (Å²) in [5, 5.41) is 3.61. The first kappa shape index (κ1) is 12.3. The molecule has 1 heterocycles. The third kappa shape index (κ3) is 2.12. The molecule has 0 aromatic heterocycles. The van der Waals surface area contributed by atoms with E-state index in [0.29, 0.717) is 24.7 Å². The zero-order valence-corrected chi connectivity index (χ0v) is 10.5. The monoisotopic (exact) mass is 228 g/mol. The largest absolute Gasteiger partial charge is 0.381 e. The average Bonchev–Trinajstić information content (AvgIpc) is 2.63. The SMILES string of the molecule is COC1CC(NCC2COCC2N)C1(C)C. The van der Waals surface area contributed by atoms with Crippen molar-refractivity contribution < 1.29 is 9.47 Å². The molecule has 1 saturated carbocycles. The van der Waals surface area contributed by atoms with E-state index < -0.39 is 0 Å². The van der Waals surface area contributed by atoms with E-state index >= 15 is 0 Å². The summed E-state index contributed by atoms with van der Waals surface area (Å²) >= 11 is 0. The van der Waals surface area contributed by atoms with Gasteiger partial charge in [-0.3, -0.25) is 0 Å². The van der Waals surface area contributed by atoms with E-state index in [1.54, 1.807) is 7.11 Å². The van der Waals surface area contributed by atoms with Gasteiger partial charge in [0.15, 0.2) is 0 Å². The first-order valence-corrected chi connectivity index (χ1v) is 6.15. The van der Waals surface area contributed by atoms with Crippen LogP contribution in [0.15, 0.2) is 0 Å². The lowest BCUT2D eigenvalue weighted by Crippen LogP contribution is -2.61. The zero-order valence-electron chi connectivity index (χ0n) is 10.5. The Morgan fingerprint density at radius 3 is 2.69 bits per heavy atom. The Morgan fingerprint density at radius 1 is 1.44 bits per heavy atom. The highest BCUT2D eigenvalue weighted by Crippen LogP contribution is 2.42. The average molecular weight is 228 g/mol. The lowest BCUT2D eigenvalue weighted by molar-refractivity contribution is -0.0981. The molecule has 2 rings (SSSR count). The van der Waals surface area contributed by atoms with Crippen molar-refractivity contribution in [2.24, 2.45) is 17.1 Å². The molecule has 4 heteroatoms. The van der Waals surface area contributed by atoms with Gasteiger partial charge in [0.1, 0.15) is 0 Å². The van der Waals surface area contributed by atoms with Gasteiger partial charge in [-0.15, -0.1) is 0 Å². The maximum Gasteiger partial charge on any atom is 0.0652 e. The van der Waals surface area contributed by atoms with Gasteiger partial charge < -0.3 is 20.5 Å². The summed E-state index contributed by atoms with van der Waals surface area (Å²) in [5.41, 5.74) is 6.19. The number of ether oxygens (including phenoxy) is 2. The molecular weight excluding hydrogens is 204 g/mol. The van der Waals surface area contributed by atoms with E-state index in [-0.39, 0.29) is 11.5 Å². The lowest BCUT2D eigenvalue weighted by Gasteiger charge is -2.51. The minimum absolute atomic E-state index is 0.203. The molecule has 0 aromatic carbocycles. The van der Waals surface area contributed by atoms with Gasteiger partial charge in [-0.25, -0.2) is 0 Å². The van der Waals surface area contributed by atoms with Crippen LogP contribution in [0.2, 0.25) is 0 Å². The molecule has 0 amide bonds. The maximum atomic E-state index is 5.96. The summed E-state index contributed by atoms with van der Waals surface area (Å²) in [7, 11) is 1.80. The van der Waals surface area contributed by atoms with Crippen LogP contribution < -0.4 is 11.1 Å². The molecule has 94 valence electrons. The van der Waals surface area contributed by atoms with Gasteiger partial charge in [0, 0.05) is 37.1 Å². The summed E-state index contributed by atoms with van der Waals surface area (Å²) in [6.45, 7) is 6.99. The smallest absolute Gasteiger partial charge is 0.0652 e. The van der Waals surface area contributed by atoms with E-state index in [4.69, 9.17) is 15.2 Å². The molecule has 1 saturated heterocycles. The zero-order chi connectivity index (χ0) is 11.8. The molecule has 4 nitrogen and oxygen atoms in total. The van der Waals surface area contributed by atoms with E-state index in [1.165, 1.54) is 0 Å². The summed E-state index contributed by atoms with van der Waals surface area (Å²) < 4.78 is 10.8. The third-order valence-corrected chi connectivity index (χ3v) is 4.34. The molecule has 0 bridgehead atoms. The van der Waals surface area contributed by atoms with E-state index in [9.17, 15) is 0 Å². The van der Waals surface area contributed by atoms with Crippen molar-refractivity contribution in [2.45, 2.75) is 38.5 Å². The molecule has 4 unspecified atom stereocenters. The van der Waals surface area contributed by atoms with Gasteiger partial charge >= 0.3 is 0 Å². The second-order valence-corrected chi connectivity index (χ2v) is 5.70. The van der Waals surface area contributed by atoms with Crippen LogP contribution in [-0.4, -0.2) is 45.1 Å².